The first-order valence-corrected chi connectivity index (χ1v) is 12.9. The summed E-state index contributed by atoms with van der Waals surface area (Å²) in [6, 6.07) is 13.2. The normalized spacial score (nSPS) is 32.8. The van der Waals surface area contributed by atoms with Crippen LogP contribution in [0.3, 0.4) is 0 Å². The van der Waals surface area contributed by atoms with E-state index in [1.165, 1.54) is 4.90 Å². The van der Waals surface area contributed by atoms with Crippen LogP contribution >= 0.6 is 0 Å². The zero-order chi connectivity index (χ0) is 26.7. The number of carbonyl (C=O) groups is 3. The highest BCUT2D eigenvalue weighted by Gasteiger charge is 2.80. The van der Waals surface area contributed by atoms with E-state index in [-0.39, 0.29) is 30.2 Å². The Morgan fingerprint density at radius 3 is 2.35 bits per heavy atom. The largest absolute Gasteiger partial charge is 0.394 e. The van der Waals surface area contributed by atoms with Crippen molar-refractivity contribution in [1.29, 1.82) is 0 Å². The highest BCUT2D eigenvalue weighted by molar-refractivity contribution is 6.04. The van der Waals surface area contributed by atoms with Gasteiger partial charge in [0.15, 0.2) is 0 Å². The zero-order valence-electron chi connectivity index (χ0n) is 21.9. The number of amides is 3. The van der Waals surface area contributed by atoms with Crippen molar-refractivity contribution in [3.63, 3.8) is 0 Å². The summed E-state index contributed by atoms with van der Waals surface area (Å²) in [5.74, 6) is -2.63. The summed E-state index contributed by atoms with van der Waals surface area (Å²) in [7, 11) is 1.55. The molecule has 0 radical (unpaired) electrons. The van der Waals surface area contributed by atoms with Crippen LogP contribution in [-0.2, 0) is 19.1 Å². The van der Waals surface area contributed by atoms with Crippen molar-refractivity contribution < 1.29 is 24.2 Å². The number of aliphatic hydroxyl groups excluding tert-OH is 1. The van der Waals surface area contributed by atoms with Crippen molar-refractivity contribution in [2.45, 2.75) is 57.4 Å². The SMILES string of the molecule is CNC(=O)[C@@H]1[C@H]2C(=O)N([C@H](CO)c3ccccc3)C(C(=O)Nc3c(C)cccc3C)C23CC(C)[C@@]1(C)O3. The van der Waals surface area contributed by atoms with Crippen molar-refractivity contribution in [3.05, 3.63) is 65.2 Å². The van der Waals surface area contributed by atoms with Crippen molar-refractivity contribution in [2.24, 2.45) is 17.8 Å². The predicted molar refractivity (Wildman–Crippen MR) is 138 cm³/mol. The quantitative estimate of drug-likeness (QED) is 0.560. The standard InChI is InChI=1S/C29H35N3O5/c1-16-10-9-11-17(2)23(16)31-26(35)24-29-14-18(3)28(4,37-29)21(25(34)30-5)22(29)27(36)32(24)20(15-33)19-12-7-6-8-13-19/h6-13,18,20-22,24,33H,14-15H2,1-5H3,(H,30,34)(H,31,35)/t18?,20-,21+,22+,24?,28-,29?/m1/s1. The Labute approximate surface area is 217 Å². The van der Waals surface area contributed by atoms with E-state index in [1.807, 2.05) is 76.2 Å². The van der Waals surface area contributed by atoms with Crippen LogP contribution in [0.15, 0.2) is 48.5 Å². The van der Waals surface area contributed by atoms with Gasteiger partial charge in [0.05, 0.1) is 30.1 Å². The molecule has 0 saturated carbocycles. The number of aliphatic hydroxyl groups is 1. The van der Waals surface area contributed by atoms with Gasteiger partial charge in [0.1, 0.15) is 11.6 Å². The number of anilines is 1. The molecule has 37 heavy (non-hydrogen) atoms. The van der Waals surface area contributed by atoms with Gasteiger partial charge in [-0.2, -0.15) is 0 Å². The topological polar surface area (TPSA) is 108 Å². The lowest BCUT2D eigenvalue weighted by Crippen LogP contribution is -2.55. The number of para-hydroxylation sites is 1. The van der Waals surface area contributed by atoms with Crippen LogP contribution in [0.5, 0.6) is 0 Å². The van der Waals surface area contributed by atoms with Crippen LogP contribution in [0, 0.1) is 31.6 Å². The summed E-state index contributed by atoms with van der Waals surface area (Å²) < 4.78 is 6.72. The minimum Gasteiger partial charge on any atom is -0.394 e. The molecule has 3 N–H and O–H groups in total. The number of nitrogens with one attached hydrogen (secondary N) is 2. The summed E-state index contributed by atoms with van der Waals surface area (Å²) in [6.07, 6.45) is 0.460. The molecule has 0 aliphatic carbocycles. The molecule has 8 nitrogen and oxygen atoms in total. The molecule has 8 heteroatoms. The fourth-order valence-electron chi connectivity index (χ4n) is 7.10. The molecule has 2 bridgehead atoms. The molecule has 3 aliphatic rings. The maximum absolute atomic E-state index is 14.3. The first-order chi connectivity index (χ1) is 17.6. The molecule has 2 aromatic rings. The molecule has 3 fully saturated rings. The number of rotatable bonds is 6. The predicted octanol–water partition coefficient (Wildman–Crippen LogP) is 2.73. The Morgan fingerprint density at radius 2 is 1.76 bits per heavy atom. The highest BCUT2D eigenvalue weighted by atomic mass is 16.5. The molecular weight excluding hydrogens is 470 g/mol. The van der Waals surface area contributed by atoms with Gasteiger partial charge >= 0.3 is 0 Å². The van der Waals surface area contributed by atoms with Crippen molar-refractivity contribution in [1.82, 2.24) is 10.2 Å². The molecule has 3 amide bonds. The smallest absolute Gasteiger partial charge is 0.250 e. The van der Waals surface area contributed by atoms with E-state index in [4.69, 9.17) is 4.74 Å². The molecule has 0 aromatic heterocycles. The van der Waals surface area contributed by atoms with E-state index in [2.05, 4.69) is 10.6 Å². The molecule has 5 rings (SSSR count). The van der Waals surface area contributed by atoms with E-state index >= 15 is 0 Å². The van der Waals surface area contributed by atoms with E-state index in [0.717, 1.165) is 11.1 Å². The van der Waals surface area contributed by atoms with Gasteiger partial charge in [-0.1, -0.05) is 55.5 Å². The minimum absolute atomic E-state index is 0.0569. The molecule has 3 heterocycles. The first-order valence-electron chi connectivity index (χ1n) is 12.9. The molecule has 7 atom stereocenters. The molecule has 3 aliphatic heterocycles. The minimum atomic E-state index is -1.19. The van der Waals surface area contributed by atoms with Gasteiger partial charge in [0, 0.05) is 12.7 Å². The summed E-state index contributed by atoms with van der Waals surface area (Å²) >= 11 is 0. The van der Waals surface area contributed by atoms with Crippen LogP contribution in [-0.4, -0.2) is 58.6 Å². The van der Waals surface area contributed by atoms with Crippen LogP contribution in [0.25, 0.3) is 0 Å². The summed E-state index contributed by atoms with van der Waals surface area (Å²) in [5.41, 5.74) is 1.14. The summed E-state index contributed by atoms with van der Waals surface area (Å²) in [5, 5.41) is 16.3. The zero-order valence-corrected chi connectivity index (χ0v) is 21.9. The van der Waals surface area contributed by atoms with Gasteiger partial charge in [-0.15, -0.1) is 0 Å². The van der Waals surface area contributed by atoms with Crippen LogP contribution < -0.4 is 10.6 Å². The van der Waals surface area contributed by atoms with Gasteiger partial charge in [-0.05, 0) is 49.8 Å². The third-order valence-corrected chi connectivity index (χ3v) is 8.95. The average molecular weight is 506 g/mol. The average Bonchev–Trinajstić information content (AvgIpc) is 3.39. The van der Waals surface area contributed by atoms with Crippen molar-refractivity contribution in [3.8, 4) is 0 Å². The number of hydrogen-bond acceptors (Lipinski definition) is 5. The number of aryl methyl sites for hydroxylation is 2. The second-order valence-corrected chi connectivity index (χ2v) is 10.9. The Balaban J connectivity index is 1.66. The van der Waals surface area contributed by atoms with Gasteiger partial charge in [0.2, 0.25) is 17.7 Å². The van der Waals surface area contributed by atoms with Gasteiger partial charge in [-0.25, -0.2) is 0 Å². The van der Waals surface area contributed by atoms with Gasteiger partial charge < -0.3 is 25.4 Å². The molecule has 3 saturated heterocycles. The number of hydrogen-bond donors (Lipinski definition) is 3. The summed E-state index contributed by atoms with van der Waals surface area (Å²) in [4.78, 5) is 43.2. The highest BCUT2D eigenvalue weighted by Crippen LogP contribution is 2.66. The van der Waals surface area contributed by atoms with E-state index in [1.54, 1.807) is 7.05 Å². The number of benzene rings is 2. The molecule has 2 aromatic carbocycles. The fraction of sp³-hybridized carbons (Fsp3) is 0.483. The third-order valence-electron chi connectivity index (χ3n) is 8.95. The number of fused-ring (bicyclic) bond motifs is 1. The number of ether oxygens (including phenoxy) is 1. The Morgan fingerprint density at radius 1 is 1.11 bits per heavy atom. The second-order valence-electron chi connectivity index (χ2n) is 10.9. The summed E-state index contributed by atoms with van der Waals surface area (Å²) in [6.45, 7) is 7.36. The molecule has 1 spiro atoms. The van der Waals surface area contributed by atoms with Crippen LogP contribution in [0.4, 0.5) is 5.69 Å². The number of nitrogens with zero attached hydrogens (tertiary/aromatic N) is 1. The lowest BCUT2D eigenvalue weighted by Gasteiger charge is -2.37. The van der Waals surface area contributed by atoms with Crippen molar-refractivity contribution >= 4 is 23.4 Å². The van der Waals surface area contributed by atoms with Crippen LogP contribution in [0.1, 0.15) is 43.0 Å². The Kier molecular flexibility index (Phi) is 6.15. The Hall–Kier alpha value is -3.23. The van der Waals surface area contributed by atoms with Crippen molar-refractivity contribution in [2.75, 3.05) is 19.0 Å². The lowest BCUT2D eigenvalue weighted by molar-refractivity contribution is -0.149. The molecule has 3 unspecified atom stereocenters. The van der Waals surface area contributed by atoms with E-state index < -0.39 is 35.1 Å². The molecule has 196 valence electrons. The monoisotopic (exact) mass is 505 g/mol. The second kappa shape index (κ2) is 8.96. The van der Waals surface area contributed by atoms with Gasteiger partial charge in [0.25, 0.3) is 0 Å². The number of carbonyl (C=O) groups excluding carboxylic acids is 3. The number of likely N-dealkylation sites (tertiary alicyclic amines) is 1. The maximum Gasteiger partial charge on any atom is 0.250 e. The maximum atomic E-state index is 14.3. The van der Waals surface area contributed by atoms with Crippen LogP contribution in [0.2, 0.25) is 0 Å². The third kappa shape index (κ3) is 3.53. The van der Waals surface area contributed by atoms with Gasteiger partial charge in [-0.3, -0.25) is 14.4 Å². The lowest BCUT2D eigenvalue weighted by atomic mass is 9.62. The molecular formula is C29H35N3O5. The Bertz CT molecular complexity index is 1230. The first kappa shape index (κ1) is 25.4. The van der Waals surface area contributed by atoms with E-state index in [0.29, 0.717) is 17.7 Å². The van der Waals surface area contributed by atoms with E-state index in [9.17, 15) is 19.5 Å². The fourth-order valence-corrected chi connectivity index (χ4v) is 7.10.